The van der Waals surface area contributed by atoms with E-state index < -0.39 is 0 Å². The van der Waals surface area contributed by atoms with E-state index in [1.807, 2.05) is 0 Å². The first-order chi connectivity index (χ1) is 5.75. The molecule has 1 saturated carbocycles. The minimum Gasteiger partial charge on any atom is -0.0651 e. The van der Waals surface area contributed by atoms with Crippen LogP contribution < -0.4 is 0 Å². The van der Waals surface area contributed by atoms with Crippen LogP contribution in [0.25, 0.3) is 0 Å². The van der Waals surface area contributed by atoms with E-state index in [0.29, 0.717) is 0 Å². The van der Waals surface area contributed by atoms with Gasteiger partial charge in [0.25, 0.3) is 0 Å². The average Bonchev–Trinajstić information content (AvgIpc) is 2.17. The third-order valence-electron chi connectivity index (χ3n) is 3.93. The van der Waals surface area contributed by atoms with Crippen LogP contribution in [0, 0.1) is 17.8 Å². The summed E-state index contributed by atoms with van der Waals surface area (Å²) in [4.78, 5) is 0. The average molecular weight is 168 g/mol. The highest BCUT2D eigenvalue weighted by Gasteiger charge is 2.23. The summed E-state index contributed by atoms with van der Waals surface area (Å²) < 4.78 is 0. The van der Waals surface area contributed by atoms with Crippen LogP contribution >= 0.6 is 0 Å². The van der Waals surface area contributed by atoms with Crippen molar-refractivity contribution in [2.24, 2.45) is 17.8 Å². The lowest BCUT2D eigenvalue weighted by molar-refractivity contribution is 0.200. The first-order valence-corrected chi connectivity index (χ1v) is 5.75. The van der Waals surface area contributed by atoms with Crippen molar-refractivity contribution in [3.8, 4) is 0 Å². The summed E-state index contributed by atoms with van der Waals surface area (Å²) in [6, 6.07) is 0. The van der Waals surface area contributed by atoms with Crippen LogP contribution in [0.2, 0.25) is 0 Å². The lowest BCUT2D eigenvalue weighted by atomic mass is 9.75. The van der Waals surface area contributed by atoms with Crippen molar-refractivity contribution in [2.45, 2.75) is 59.3 Å². The standard InChI is InChI=1S/C12H24/c1-4-10(2)11(3)12-8-6-5-7-9-12/h10-12H,4-9H2,1-3H3/t10?,11-/m1/s1. The second-order valence-electron chi connectivity index (χ2n) is 4.64. The minimum atomic E-state index is 0.938. The summed E-state index contributed by atoms with van der Waals surface area (Å²) in [5.74, 6) is 2.96. The molecule has 0 N–H and O–H groups in total. The topological polar surface area (TPSA) is 0 Å². The third-order valence-corrected chi connectivity index (χ3v) is 3.93. The summed E-state index contributed by atoms with van der Waals surface area (Å²) in [6.45, 7) is 7.20. The highest BCUT2D eigenvalue weighted by molar-refractivity contribution is 4.74. The summed E-state index contributed by atoms with van der Waals surface area (Å²) >= 11 is 0. The zero-order valence-corrected chi connectivity index (χ0v) is 8.97. The molecule has 72 valence electrons. The molecule has 0 aromatic carbocycles. The molecule has 2 atom stereocenters. The highest BCUT2D eigenvalue weighted by atomic mass is 14.3. The first kappa shape index (κ1) is 10.1. The molecule has 0 amide bonds. The maximum Gasteiger partial charge on any atom is -0.0386 e. The van der Waals surface area contributed by atoms with Crippen LogP contribution in [-0.4, -0.2) is 0 Å². The highest BCUT2D eigenvalue weighted by Crippen LogP contribution is 2.34. The van der Waals surface area contributed by atoms with E-state index in [9.17, 15) is 0 Å². The van der Waals surface area contributed by atoms with Crippen molar-refractivity contribution in [1.29, 1.82) is 0 Å². The van der Waals surface area contributed by atoms with E-state index in [4.69, 9.17) is 0 Å². The Morgan fingerprint density at radius 3 is 2.17 bits per heavy atom. The van der Waals surface area contributed by atoms with Gasteiger partial charge in [0.05, 0.1) is 0 Å². The Hall–Kier alpha value is 0. The van der Waals surface area contributed by atoms with Crippen LogP contribution in [0.3, 0.4) is 0 Å². The molecule has 0 aromatic heterocycles. The Morgan fingerprint density at radius 1 is 1.08 bits per heavy atom. The molecule has 1 unspecified atom stereocenters. The molecule has 0 aromatic rings. The quantitative estimate of drug-likeness (QED) is 0.591. The molecule has 1 aliphatic rings. The van der Waals surface area contributed by atoms with Gasteiger partial charge in [0, 0.05) is 0 Å². The van der Waals surface area contributed by atoms with E-state index >= 15 is 0 Å². The van der Waals surface area contributed by atoms with Gasteiger partial charge in [0.1, 0.15) is 0 Å². The number of hydrogen-bond donors (Lipinski definition) is 0. The van der Waals surface area contributed by atoms with Gasteiger partial charge in [-0.15, -0.1) is 0 Å². The van der Waals surface area contributed by atoms with Gasteiger partial charge in [-0.2, -0.15) is 0 Å². The minimum absolute atomic E-state index is 0.938. The molecule has 12 heavy (non-hydrogen) atoms. The Bertz CT molecular complexity index is 111. The molecule has 0 heteroatoms. The molecule has 0 spiro atoms. The fourth-order valence-corrected chi connectivity index (χ4v) is 2.50. The third kappa shape index (κ3) is 2.50. The van der Waals surface area contributed by atoms with Crippen LogP contribution in [0.1, 0.15) is 59.3 Å². The Morgan fingerprint density at radius 2 is 1.67 bits per heavy atom. The molecule has 1 fully saturated rings. The monoisotopic (exact) mass is 168 g/mol. The fourth-order valence-electron chi connectivity index (χ4n) is 2.50. The molecule has 0 nitrogen and oxygen atoms in total. The van der Waals surface area contributed by atoms with Crippen molar-refractivity contribution in [3.05, 3.63) is 0 Å². The van der Waals surface area contributed by atoms with Gasteiger partial charge < -0.3 is 0 Å². The second kappa shape index (κ2) is 4.89. The molecule has 0 aliphatic heterocycles. The summed E-state index contributed by atoms with van der Waals surface area (Å²) in [6.07, 6.45) is 8.84. The van der Waals surface area contributed by atoms with Crippen LogP contribution in [0.5, 0.6) is 0 Å². The SMILES string of the molecule is CCC(C)[C@@H](C)C1CCCCC1. The molecule has 0 radical (unpaired) electrons. The maximum atomic E-state index is 2.46. The molecule has 1 aliphatic carbocycles. The van der Waals surface area contributed by atoms with Crippen molar-refractivity contribution >= 4 is 0 Å². The van der Waals surface area contributed by atoms with Gasteiger partial charge in [-0.25, -0.2) is 0 Å². The number of rotatable bonds is 3. The lowest BCUT2D eigenvalue weighted by Gasteiger charge is -2.31. The van der Waals surface area contributed by atoms with Gasteiger partial charge in [0.2, 0.25) is 0 Å². The van der Waals surface area contributed by atoms with Crippen molar-refractivity contribution in [1.82, 2.24) is 0 Å². The van der Waals surface area contributed by atoms with Crippen LogP contribution in [-0.2, 0) is 0 Å². The summed E-state index contributed by atoms with van der Waals surface area (Å²) in [7, 11) is 0. The second-order valence-corrected chi connectivity index (χ2v) is 4.64. The van der Waals surface area contributed by atoms with E-state index in [1.54, 1.807) is 0 Å². The van der Waals surface area contributed by atoms with E-state index in [1.165, 1.54) is 38.5 Å². The van der Waals surface area contributed by atoms with E-state index in [0.717, 1.165) is 17.8 Å². The predicted molar refractivity (Wildman–Crippen MR) is 55.2 cm³/mol. The maximum absolute atomic E-state index is 2.46. The van der Waals surface area contributed by atoms with E-state index in [-0.39, 0.29) is 0 Å². The fraction of sp³-hybridized carbons (Fsp3) is 1.00. The zero-order valence-electron chi connectivity index (χ0n) is 8.97. The van der Waals surface area contributed by atoms with E-state index in [2.05, 4.69) is 20.8 Å². The lowest BCUT2D eigenvalue weighted by Crippen LogP contribution is -2.20. The Kier molecular flexibility index (Phi) is 4.11. The molecular weight excluding hydrogens is 144 g/mol. The first-order valence-electron chi connectivity index (χ1n) is 5.75. The molecule has 0 saturated heterocycles. The van der Waals surface area contributed by atoms with Gasteiger partial charge in [-0.05, 0) is 17.8 Å². The largest absolute Gasteiger partial charge is 0.0651 e. The van der Waals surface area contributed by atoms with Gasteiger partial charge >= 0.3 is 0 Å². The van der Waals surface area contributed by atoms with Gasteiger partial charge in [0.15, 0.2) is 0 Å². The zero-order chi connectivity index (χ0) is 8.97. The van der Waals surface area contributed by atoms with Crippen LogP contribution in [0.15, 0.2) is 0 Å². The summed E-state index contributed by atoms with van der Waals surface area (Å²) in [5, 5.41) is 0. The molecule has 1 rings (SSSR count). The van der Waals surface area contributed by atoms with Crippen molar-refractivity contribution in [3.63, 3.8) is 0 Å². The molecule has 0 bridgehead atoms. The Labute approximate surface area is 77.7 Å². The van der Waals surface area contributed by atoms with Crippen LogP contribution in [0.4, 0.5) is 0 Å². The van der Waals surface area contributed by atoms with Gasteiger partial charge in [-0.3, -0.25) is 0 Å². The predicted octanol–water partition coefficient (Wildman–Crippen LogP) is 4.25. The van der Waals surface area contributed by atoms with Gasteiger partial charge in [-0.1, -0.05) is 59.3 Å². The smallest absolute Gasteiger partial charge is 0.0386 e. The molecule has 0 heterocycles. The Balaban J connectivity index is 2.33. The van der Waals surface area contributed by atoms with Crippen molar-refractivity contribution < 1.29 is 0 Å². The number of hydrogen-bond acceptors (Lipinski definition) is 0. The van der Waals surface area contributed by atoms with Crippen molar-refractivity contribution in [2.75, 3.05) is 0 Å². The molecular formula is C12H24. The normalized spacial score (nSPS) is 25.2. The summed E-state index contributed by atoms with van der Waals surface area (Å²) in [5.41, 5.74) is 0.